The van der Waals surface area contributed by atoms with Crippen LogP contribution in [0.15, 0.2) is 49.1 Å². The Morgan fingerprint density at radius 3 is 2.49 bits per heavy atom. The predicted molar refractivity (Wildman–Crippen MR) is 137 cm³/mol. The molecule has 9 heteroatoms. The molecule has 0 bridgehead atoms. The van der Waals surface area contributed by atoms with Gasteiger partial charge in [-0.05, 0) is 62.4 Å². The lowest BCUT2D eigenvalue weighted by atomic mass is 10.1. The van der Waals surface area contributed by atoms with Crippen LogP contribution in [0.5, 0.6) is 0 Å². The van der Waals surface area contributed by atoms with Crippen LogP contribution >= 0.6 is 11.3 Å². The van der Waals surface area contributed by atoms with E-state index in [0.29, 0.717) is 28.8 Å². The highest BCUT2D eigenvalue weighted by Crippen LogP contribution is 2.32. The van der Waals surface area contributed by atoms with Crippen LogP contribution in [0.25, 0.3) is 11.0 Å². The van der Waals surface area contributed by atoms with Gasteiger partial charge in [0.1, 0.15) is 0 Å². The summed E-state index contributed by atoms with van der Waals surface area (Å²) in [5.74, 6) is 0.164. The van der Waals surface area contributed by atoms with Gasteiger partial charge in [-0.1, -0.05) is 18.7 Å². The zero-order chi connectivity index (χ0) is 24.4. The molecule has 2 saturated heterocycles. The van der Waals surface area contributed by atoms with E-state index in [9.17, 15) is 14.4 Å². The number of anilines is 1. The molecule has 0 spiro atoms. The van der Waals surface area contributed by atoms with Crippen molar-refractivity contribution in [3.63, 3.8) is 0 Å². The van der Waals surface area contributed by atoms with Crippen molar-refractivity contribution < 1.29 is 14.4 Å². The average molecular weight is 492 g/mol. The third-order valence-corrected chi connectivity index (χ3v) is 7.88. The molecular weight excluding hydrogens is 462 g/mol. The SMILES string of the molecule is C=CC(=O)N1CCC[C@@H](n2c(NC(=O)c3ccc(C(=O)N4CCCC4)s3)nc3ccccc32)CC1. The molecule has 2 aliphatic rings. The molecule has 0 aliphatic carbocycles. The number of hydrogen-bond acceptors (Lipinski definition) is 5. The lowest BCUT2D eigenvalue weighted by Gasteiger charge is -2.21. The molecule has 4 heterocycles. The number of imidazole rings is 1. The number of para-hydroxylation sites is 2. The number of thiophene rings is 1. The predicted octanol–water partition coefficient (Wildman–Crippen LogP) is 4.33. The smallest absolute Gasteiger partial charge is 0.268 e. The number of fused-ring (bicyclic) bond motifs is 1. The second kappa shape index (κ2) is 10.0. The van der Waals surface area contributed by atoms with Crippen molar-refractivity contribution in [2.75, 3.05) is 31.5 Å². The molecule has 2 aliphatic heterocycles. The van der Waals surface area contributed by atoms with Gasteiger partial charge >= 0.3 is 0 Å². The summed E-state index contributed by atoms with van der Waals surface area (Å²) >= 11 is 1.22. The molecule has 2 aromatic heterocycles. The Morgan fingerprint density at radius 2 is 1.69 bits per heavy atom. The second-order valence-electron chi connectivity index (χ2n) is 9.03. The van der Waals surface area contributed by atoms with E-state index in [2.05, 4.69) is 16.5 Å². The van der Waals surface area contributed by atoms with Crippen LogP contribution in [0.2, 0.25) is 0 Å². The number of nitrogens with one attached hydrogen (secondary N) is 1. The molecule has 35 heavy (non-hydrogen) atoms. The van der Waals surface area contributed by atoms with Gasteiger partial charge in [-0.25, -0.2) is 4.98 Å². The first kappa shape index (κ1) is 23.3. The van der Waals surface area contributed by atoms with Crippen LogP contribution in [0.4, 0.5) is 5.95 Å². The highest BCUT2D eigenvalue weighted by molar-refractivity contribution is 7.16. The Kier molecular flexibility index (Phi) is 6.68. The molecule has 8 nitrogen and oxygen atoms in total. The molecule has 0 saturated carbocycles. The van der Waals surface area contributed by atoms with Crippen LogP contribution in [0.1, 0.15) is 57.5 Å². The summed E-state index contributed by atoms with van der Waals surface area (Å²) in [7, 11) is 0. The van der Waals surface area contributed by atoms with Crippen molar-refractivity contribution in [2.45, 2.75) is 38.1 Å². The molecule has 3 aromatic rings. The molecule has 1 N–H and O–H groups in total. The van der Waals surface area contributed by atoms with E-state index in [4.69, 9.17) is 4.98 Å². The number of amides is 3. The minimum atomic E-state index is -0.274. The van der Waals surface area contributed by atoms with Gasteiger partial charge in [0.05, 0.1) is 20.8 Å². The molecular formula is C26H29N5O3S. The number of aromatic nitrogens is 2. The maximum Gasteiger partial charge on any atom is 0.268 e. The maximum atomic E-state index is 13.2. The van der Waals surface area contributed by atoms with Gasteiger partial charge in [-0.2, -0.15) is 0 Å². The van der Waals surface area contributed by atoms with Gasteiger partial charge in [-0.15, -0.1) is 11.3 Å². The minimum absolute atomic E-state index is 0.00382. The van der Waals surface area contributed by atoms with Crippen molar-refractivity contribution >= 4 is 46.0 Å². The lowest BCUT2D eigenvalue weighted by molar-refractivity contribution is -0.125. The summed E-state index contributed by atoms with van der Waals surface area (Å²) in [5, 5.41) is 3.00. The van der Waals surface area contributed by atoms with E-state index in [0.717, 1.165) is 56.2 Å². The fourth-order valence-corrected chi connectivity index (χ4v) is 5.87. The first-order chi connectivity index (χ1) is 17.0. The van der Waals surface area contributed by atoms with Crippen molar-refractivity contribution in [1.82, 2.24) is 19.4 Å². The molecule has 182 valence electrons. The number of benzene rings is 1. The summed E-state index contributed by atoms with van der Waals surface area (Å²) < 4.78 is 2.10. The standard InChI is InChI=1S/C26H29N5O3S/c1-2-23(32)29-16-7-8-18(13-17-29)31-20-10-4-3-9-19(20)27-26(31)28-24(33)21-11-12-22(35-21)25(34)30-14-5-6-15-30/h2-4,9-12,18H,1,5-8,13-17H2,(H,27,28,33)/t18-/m1/s1. The van der Waals surface area contributed by atoms with Gasteiger partial charge in [0.25, 0.3) is 11.8 Å². The van der Waals surface area contributed by atoms with Crippen LogP contribution < -0.4 is 5.32 Å². The normalized spacial score (nSPS) is 18.5. The lowest BCUT2D eigenvalue weighted by Crippen LogP contribution is -2.30. The van der Waals surface area contributed by atoms with Gasteiger partial charge in [0, 0.05) is 32.2 Å². The Morgan fingerprint density at radius 1 is 0.943 bits per heavy atom. The molecule has 5 rings (SSSR count). The van der Waals surface area contributed by atoms with E-state index in [1.165, 1.54) is 17.4 Å². The third-order valence-electron chi connectivity index (χ3n) is 6.80. The van der Waals surface area contributed by atoms with Crippen molar-refractivity contribution in [3.05, 3.63) is 58.8 Å². The third kappa shape index (κ3) is 4.73. The monoisotopic (exact) mass is 491 g/mol. The number of rotatable bonds is 5. The zero-order valence-corrected chi connectivity index (χ0v) is 20.4. The highest BCUT2D eigenvalue weighted by atomic mass is 32.1. The molecule has 2 fully saturated rings. The van der Waals surface area contributed by atoms with Crippen LogP contribution in [0.3, 0.4) is 0 Å². The first-order valence-corrected chi connectivity index (χ1v) is 13.0. The largest absolute Gasteiger partial charge is 0.339 e. The number of carbonyl (C=O) groups is 3. The van der Waals surface area contributed by atoms with E-state index in [-0.39, 0.29) is 23.8 Å². The van der Waals surface area contributed by atoms with E-state index >= 15 is 0 Å². The number of carbonyl (C=O) groups excluding carboxylic acids is 3. The van der Waals surface area contributed by atoms with E-state index < -0.39 is 0 Å². The summed E-state index contributed by atoms with van der Waals surface area (Å²) in [6.45, 7) is 6.49. The second-order valence-corrected chi connectivity index (χ2v) is 10.1. The Balaban J connectivity index is 1.39. The van der Waals surface area contributed by atoms with Gasteiger partial charge in [-0.3, -0.25) is 19.7 Å². The summed E-state index contributed by atoms with van der Waals surface area (Å²) in [5.41, 5.74) is 1.76. The fraction of sp³-hybridized carbons (Fsp3) is 0.385. The number of likely N-dealkylation sites (tertiary alicyclic amines) is 2. The van der Waals surface area contributed by atoms with Crippen LogP contribution in [-0.4, -0.2) is 63.3 Å². The summed E-state index contributed by atoms with van der Waals surface area (Å²) in [4.78, 5) is 47.5. The zero-order valence-electron chi connectivity index (χ0n) is 19.6. The molecule has 0 radical (unpaired) electrons. The van der Waals surface area contributed by atoms with Crippen LogP contribution in [0, 0.1) is 0 Å². The molecule has 3 amide bonds. The first-order valence-electron chi connectivity index (χ1n) is 12.1. The maximum absolute atomic E-state index is 13.2. The minimum Gasteiger partial charge on any atom is -0.339 e. The molecule has 1 aromatic carbocycles. The number of nitrogens with zero attached hydrogens (tertiary/aromatic N) is 4. The van der Waals surface area contributed by atoms with Gasteiger partial charge in [0.2, 0.25) is 11.9 Å². The summed E-state index contributed by atoms with van der Waals surface area (Å²) in [6.07, 6.45) is 5.91. The van der Waals surface area contributed by atoms with Gasteiger partial charge < -0.3 is 14.4 Å². The topological polar surface area (TPSA) is 87.5 Å². The fourth-order valence-electron chi connectivity index (χ4n) is 5.00. The average Bonchev–Trinajstić information content (AvgIpc) is 3.61. The van der Waals surface area contributed by atoms with Crippen LogP contribution in [-0.2, 0) is 4.79 Å². The highest BCUT2D eigenvalue weighted by Gasteiger charge is 2.26. The Hall–Kier alpha value is -3.46. The van der Waals surface area contributed by atoms with E-state index in [1.54, 1.807) is 12.1 Å². The quantitative estimate of drug-likeness (QED) is 0.539. The Labute approximate surface area is 208 Å². The summed E-state index contributed by atoms with van der Waals surface area (Å²) in [6, 6.07) is 11.4. The van der Waals surface area contributed by atoms with Crippen molar-refractivity contribution in [1.29, 1.82) is 0 Å². The number of hydrogen-bond donors (Lipinski definition) is 1. The van der Waals surface area contributed by atoms with E-state index in [1.807, 2.05) is 34.1 Å². The van der Waals surface area contributed by atoms with Crippen molar-refractivity contribution in [3.8, 4) is 0 Å². The molecule has 0 unspecified atom stereocenters. The molecule has 1 atom stereocenters. The Bertz CT molecular complexity index is 1270. The van der Waals surface area contributed by atoms with Crippen molar-refractivity contribution in [2.24, 2.45) is 0 Å². The van der Waals surface area contributed by atoms with Gasteiger partial charge in [0.15, 0.2) is 0 Å².